The summed E-state index contributed by atoms with van der Waals surface area (Å²) < 4.78 is 5.88. The van der Waals surface area contributed by atoms with Crippen molar-refractivity contribution in [1.29, 1.82) is 0 Å². The van der Waals surface area contributed by atoms with Gasteiger partial charge < -0.3 is 15.0 Å². The van der Waals surface area contributed by atoms with Gasteiger partial charge in [-0.1, -0.05) is 49.2 Å². The number of hydrogen-bond acceptors (Lipinski definition) is 3. The molecular formula is C25H32Cl2N2O3. The Hall–Kier alpha value is -2.24. The maximum atomic E-state index is 13.2. The normalized spacial score (nSPS) is 11.9. The van der Waals surface area contributed by atoms with Gasteiger partial charge in [0.2, 0.25) is 5.91 Å². The second-order valence-electron chi connectivity index (χ2n) is 8.57. The quantitative estimate of drug-likeness (QED) is 0.518. The molecule has 0 aliphatic rings. The first-order valence-corrected chi connectivity index (χ1v) is 11.5. The molecule has 1 N–H and O–H groups in total. The number of halogens is 2. The van der Waals surface area contributed by atoms with Gasteiger partial charge in [0.05, 0.1) is 0 Å². The van der Waals surface area contributed by atoms with Crippen LogP contribution in [-0.2, 0) is 16.1 Å². The van der Waals surface area contributed by atoms with Gasteiger partial charge in [0.1, 0.15) is 11.8 Å². The summed E-state index contributed by atoms with van der Waals surface area (Å²) in [6, 6.07) is 8.38. The van der Waals surface area contributed by atoms with Gasteiger partial charge in [0, 0.05) is 23.1 Å². The molecule has 0 spiro atoms. The molecule has 0 heterocycles. The Morgan fingerprint density at radius 2 is 1.75 bits per heavy atom. The molecule has 2 amide bonds. The second-order valence-corrected chi connectivity index (χ2v) is 9.41. The van der Waals surface area contributed by atoms with E-state index in [0.29, 0.717) is 33.8 Å². The standard InChI is InChI=1S/C25H32Cl2N2O3/c1-15(2)12-28-25(31)19(6)29(13-20-7-8-21(26)11-22(20)27)24(30)14-32-23-10-16(3)9-17(4)18(23)5/h7-11,15,19H,12-14H2,1-6H3,(H,28,31). The van der Waals surface area contributed by atoms with Crippen molar-refractivity contribution in [2.24, 2.45) is 5.92 Å². The molecular weight excluding hydrogens is 447 g/mol. The number of nitrogens with one attached hydrogen (secondary N) is 1. The number of amides is 2. The van der Waals surface area contributed by atoms with E-state index in [0.717, 1.165) is 16.7 Å². The van der Waals surface area contributed by atoms with Crippen LogP contribution < -0.4 is 10.1 Å². The van der Waals surface area contributed by atoms with E-state index in [1.807, 2.05) is 40.7 Å². The Morgan fingerprint density at radius 3 is 2.38 bits per heavy atom. The predicted octanol–water partition coefficient (Wildman–Crippen LogP) is 5.49. The zero-order valence-corrected chi connectivity index (χ0v) is 21.1. The Balaban J connectivity index is 2.24. The van der Waals surface area contributed by atoms with Crippen LogP contribution in [0.1, 0.15) is 43.0 Å². The molecule has 0 saturated heterocycles. The van der Waals surface area contributed by atoms with Crippen LogP contribution in [0.4, 0.5) is 0 Å². The molecule has 2 rings (SSSR count). The first kappa shape index (κ1) is 26.0. The molecule has 5 nitrogen and oxygen atoms in total. The summed E-state index contributed by atoms with van der Waals surface area (Å²) in [6.45, 7) is 12.2. The van der Waals surface area contributed by atoms with Crippen molar-refractivity contribution in [2.75, 3.05) is 13.2 Å². The summed E-state index contributed by atoms with van der Waals surface area (Å²) in [5.74, 6) is 0.440. The highest BCUT2D eigenvalue weighted by Gasteiger charge is 2.27. The number of hydrogen-bond donors (Lipinski definition) is 1. The van der Waals surface area contributed by atoms with E-state index in [9.17, 15) is 9.59 Å². The van der Waals surface area contributed by atoms with E-state index in [1.54, 1.807) is 25.1 Å². The van der Waals surface area contributed by atoms with Crippen molar-refractivity contribution < 1.29 is 14.3 Å². The molecule has 174 valence electrons. The van der Waals surface area contributed by atoms with E-state index < -0.39 is 6.04 Å². The lowest BCUT2D eigenvalue weighted by Gasteiger charge is -2.29. The highest BCUT2D eigenvalue weighted by Crippen LogP contribution is 2.25. The summed E-state index contributed by atoms with van der Waals surface area (Å²) in [5, 5.41) is 3.85. The number of rotatable bonds is 9. The van der Waals surface area contributed by atoms with Crippen LogP contribution in [0.15, 0.2) is 30.3 Å². The number of ether oxygens (including phenoxy) is 1. The van der Waals surface area contributed by atoms with Crippen molar-refractivity contribution in [3.05, 3.63) is 62.6 Å². The molecule has 0 aliphatic carbocycles. The molecule has 2 aromatic carbocycles. The molecule has 7 heteroatoms. The number of carbonyl (C=O) groups is 2. The Bertz CT molecular complexity index is 976. The minimum Gasteiger partial charge on any atom is -0.483 e. The number of carbonyl (C=O) groups excluding carboxylic acids is 2. The SMILES string of the molecule is Cc1cc(C)c(C)c(OCC(=O)N(Cc2ccc(Cl)cc2Cl)C(C)C(=O)NCC(C)C)c1. The van der Waals surface area contributed by atoms with Crippen LogP contribution in [0.2, 0.25) is 10.0 Å². The second kappa shape index (κ2) is 11.6. The van der Waals surface area contributed by atoms with Crippen LogP contribution >= 0.6 is 23.2 Å². The van der Waals surface area contributed by atoms with Crippen molar-refractivity contribution >= 4 is 35.0 Å². The van der Waals surface area contributed by atoms with Crippen LogP contribution in [0, 0.1) is 26.7 Å². The molecule has 1 unspecified atom stereocenters. The van der Waals surface area contributed by atoms with Crippen molar-refractivity contribution in [3.8, 4) is 5.75 Å². The number of benzene rings is 2. The van der Waals surface area contributed by atoms with E-state index in [1.165, 1.54) is 4.90 Å². The maximum absolute atomic E-state index is 13.2. The highest BCUT2D eigenvalue weighted by atomic mass is 35.5. The highest BCUT2D eigenvalue weighted by molar-refractivity contribution is 6.35. The molecule has 32 heavy (non-hydrogen) atoms. The summed E-state index contributed by atoms with van der Waals surface area (Å²) >= 11 is 12.3. The Labute approximate surface area is 201 Å². The fourth-order valence-corrected chi connectivity index (χ4v) is 3.71. The van der Waals surface area contributed by atoms with Gasteiger partial charge >= 0.3 is 0 Å². The molecule has 0 aromatic heterocycles. The Kier molecular flexibility index (Phi) is 9.41. The topological polar surface area (TPSA) is 58.6 Å². The van der Waals surface area contributed by atoms with Crippen LogP contribution in [0.5, 0.6) is 5.75 Å². The van der Waals surface area contributed by atoms with Crippen molar-refractivity contribution in [2.45, 2.75) is 54.1 Å². The van der Waals surface area contributed by atoms with Gasteiger partial charge in [-0.2, -0.15) is 0 Å². The summed E-state index contributed by atoms with van der Waals surface area (Å²) in [6.07, 6.45) is 0. The van der Waals surface area contributed by atoms with E-state index in [4.69, 9.17) is 27.9 Å². The number of aryl methyl sites for hydroxylation is 2. The molecule has 2 aromatic rings. The number of nitrogens with zero attached hydrogens (tertiary/aromatic N) is 1. The van der Waals surface area contributed by atoms with Gasteiger partial charge in [0.25, 0.3) is 5.91 Å². The first-order chi connectivity index (χ1) is 15.0. The minimum absolute atomic E-state index is 0.167. The summed E-state index contributed by atoms with van der Waals surface area (Å²) in [4.78, 5) is 27.4. The fourth-order valence-electron chi connectivity index (χ4n) is 3.24. The van der Waals surface area contributed by atoms with Crippen LogP contribution in [0.25, 0.3) is 0 Å². The minimum atomic E-state index is -0.697. The fraction of sp³-hybridized carbons (Fsp3) is 0.440. The van der Waals surface area contributed by atoms with Crippen molar-refractivity contribution in [3.63, 3.8) is 0 Å². The monoisotopic (exact) mass is 478 g/mol. The average Bonchev–Trinajstić information content (AvgIpc) is 2.72. The molecule has 1 atom stereocenters. The molecule has 0 fully saturated rings. The zero-order chi connectivity index (χ0) is 24.0. The van der Waals surface area contributed by atoms with E-state index >= 15 is 0 Å². The third kappa shape index (κ3) is 7.14. The van der Waals surface area contributed by atoms with Crippen LogP contribution in [-0.4, -0.2) is 35.9 Å². The van der Waals surface area contributed by atoms with Gasteiger partial charge in [-0.05, 0) is 74.1 Å². The van der Waals surface area contributed by atoms with Crippen molar-refractivity contribution in [1.82, 2.24) is 10.2 Å². The largest absolute Gasteiger partial charge is 0.483 e. The summed E-state index contributed by atoms with van der Waals surface area (Å²) in [5.41, 5.74) is 3.84. The average molecular weight is 479 g/mol. The first-order valence-electron chi connectivity index (χ1n) is 10.7. The molecule has 0 aliphatic heterocycles. The smallest absolute Gasteiger partial charge is 0.261 e. The molecule has 0 radical (unpaired) electrons. The van der Waals surface area contributed by atoms with Gasteiger partial charge in [-0.25, -0.2) is 0 Å². The van der Waals surface area contributed by atoms with Gasteiger partial charge in [0.15, 0.2) is 6.61 Å². The molecule has 0 bridgehead atoms. The Morgan fingerprint density at radius 1 is 1.06 bits per heavy atom. The lowest BCUT2D eigenvalue weighted by atomic mass is 10.1. The maximum Gasteiger partial charge on any atom is 0.261 e. The third-order valence-electron chi connectivity index (χ3n) is 5.32. The molecule has 0 saturated carbocycles. The van der Waals surface area contributed by atoms with E-state index in [2.05, 4.69) is 11.4 Å². The van der Waals surface area contributed by atoms with Gasteiger partial charge in [-0.3, -0.25) is 9.59 Å². The van der Waals surface area contributed by atoms with Crippen LogP contribution in [0.3, 0.4) is 0 Å². The lowest BCUT2D eigenvalue weighted by Crippen LogP contribution is -2.49. The third-order valence-corrected chi connectivity index (χ3v) is 5.91. The predicted molar refractivity (Wildman–Crippen MR) is 130 cm³/mol. The van der Waals surface area contributed by atoms with Gasteiger partial charge in [-0.15, -0.1) is 0 Å². The zero-order valence-electron chi connectivity index (χ0n) is 19.6. The van der Waals surface area contributed by atoms with E-state index in [-0.39, 0.29) is 25.0 Å². The summed E-state index contributed by atoms with van der Waals surface area (Å²) in [7, 11) is 0. The lowest BCUT2D eigenvalue weighted by molar-refractivity contribution is -0.142.